The van der Waals surface area contributed by atoms with Crippen molar-refractivity contribution in [2.75, 3.05) is 11.9 Å². The fourth-order valence-corrected chi connectivity index (χ4v) is 2.86. The molecule has 2 heterocycles. The quantitative estimate of drug-likeness (QED) is 0.681. The van der Waals surface area contributed by atoms with E-state index in [4.69, 9.17) is 10.8 Å². The maximum absolute atomic E-state index is 5.44. The van der Waals surface area contributed by atoms with E-state index in [-0.39, 0.29) is 0 Å². The normalized spacial score (nSPS) is 10.3. The molecule has 0 bridgehead atoms. The predicted octanol–water partition coefficient (Wildman–Crippen LogP) is 4.02. The molecule has 21 heavy (non-hydrogen) atoms. The Hall–Kier alpha value is -2.51. The van der Waals surface area contributed by atoms with Crippen molar-refractivity contribution < 1.29 is 4.42 Å². The molecule has 1 aromatic carbocycles. The van der Waals surface area contributed by atoms with Crippen molar-refractivity contribution in [3.63, 3.8) is 0 Å². The van der Waals surface area contributed by atoms with E-state index < -0.39 is 0 Å². The summed E-state index contributed by atoms with van der Waals surface area (Å²) in [6.07, 6.45) is 8.81. The summed E-state index contributed by atoms with van der Waals surface area (Å²) in [6.45, 7) is 0.738. The number of terminal acetylenes is 1. The van der Waals surface area contributed by atoms with Crippen LogP contribution < -0.4 is 4.90 Å². The number of anilines is 1. The highest BCUT2D eigenvalue weighted by atomic mass is 32.1. The summed E-state index contributed by atoms with van der Waals surface area (Å²) in [5.41, 5.74) is 4.02. The van der Waals surface area contributed by atoms with E-state index in [2.05, 4.69) is 21.2 Å². The zero-order valence-corrected chi connectivity index (χ0v) is 12.4. The van der Waals surface area contributed by atoms with Gasteiger partial charge >= 0.3 is 0 Å². The molecule has 3 nitrogen and oxygen atoms in total. The number of benzene rings is 1. The topological polar surface area (TPSA) is 29.3 Å². The lowest BCUT2D eigenvalue weighted by molar-refractivity contribution is 0.568. The maximum Gasteiger partial charge on any atom is 0.126 e. The molecule has 0 spiro atoms. The molecular weight excluding hydrogens is 280 g/mol. The molecule has 0 atom stereocenters. The minimum Gasteiger partial charge on any atom is -0.472 e. The lowest BCUT2D eigenvalue weighted by Crippen LogP contribution is -2.16. The minimum atomic E-state index is 0.738. The first-order valence-electron chi connectivity index (χ1n) is 6.51. The van der Waals surface area contributed by atoms with Gasteiger partial charge in [0.05, 0.1) is 18.5 Å². The van der Waals surface area contributed by atoms with Crippen LogP contribution in [-0.4, -0.2) is 12.0 Å². The lowest BCUT2D eigenvalue weighted by atomic mass is 10.2. The highest BCUT2D eigenvalue weighted by molar-refractivity contribution is 7.13. The van der Waals surface area contributed by atoms with Crippen LogP contribution in [0, 0.1) is 12.3 Å². The number of thiazole rings is 1. The van der Waals surface area contributed by atoms with Crippen LogP contribution in [0.4, 0.5) is 5.69 Å². The fourth-order valence-electron chi connectivity index (χ4n) is 2.07. The monoisotopic (exact) mass is 294 g/mol. The second kappa shape index (κ2) is 5.86. The number of rotatable bonds is 4. The molecule has 0 aliphatic carbocycles. The molecule has 0 amide bonds. The molecule has 0 fully saturated rings. The Bertz CT molecular complexity index is 768. The van der Waals surface area contributed by atoms with Gasteiger partial charge < -0.3 is 9.32 Å². The Balaban J connectivity index is 1.76. The Labute approximate surface area is 127 Å². The summed E-state index contributed by atoms with van der Waals surface area (Å²) in [7, 11) is 2.03. The Morgan fingerprint density at radius 2 is 2.29 bits per heavy atom. The zero-order chi connectivity index (χ0) is 14.7. The number of hydrogen-bond acceptors (Lipinski definition) is 4. The van der Waals surface area contributed by atoms with Gasteiger partial charge in [0.2, 0.25) is 0 Å². The van der Waals surface area contributed by atoms with Gasteiger partial charge in [-0.3, -0.25) is 0 Å². The summed E-state index contributed by atoms with van der Waals surface area (Å²) >= 11 is 1.62. The van der Waals surface area contributed by atoms with Gasteiger partial charge in [-0.25, -0.2) is 4.98 Å². The number of aromatic nitrogens is 1. The van der Waals surface area contributed by atoms with E-state index in [1.807, 2.05) is 37.4 Å². The molecule has 104 valence electrons. The van der Waals surface area contributed by atoms with E-state index in [0.717, 1.165) is 34.1 Å². The van der Waals surface area contributed by atoms with Crippen molar-refractivity contribution in [3.8, 4) is 22.9 Å². The second-order valence-electron chi connectivity index (χ2n) is 4.71. The molecule has 3 aromatic rings. The van der Waals surface area contributed by atoms with Crippen LogP contribution in [0.5, 0.6) is 0 Å². The maximum atomic E-state index is 5.44. The van der Waals surface area contributed by atoms with Gasteiger partial charge in [0.25, 0.3) is 0 Å². The van der Waals surface area contributed by atoms with Gasteiger partial charge in [0, 0.05) is 29.2 Å². The number of furan rings is 1. The molecule has 0 radical (unpaired) electrons. The van der Waals surface area contributed by atoms with Gasteiger partial charge in [0.1, 0.15) is 11.3 Å². The Morgan fingerprint density at radius 3 is 3.05 bits per heavy atom. The summed E-state index contributed by atoms with van der Waals surface area (Å²) in [5, 5.41) is 3.05. The molecule has 2 aromatic heterocycles. The van der Waals surface area contributed by atoms with Crippen molar-refractivity contribution in [2.24, 2.45) is 0 Å². The van der Waals surface area contributed by atoms with Crippen LogP contribution in [0.2, 0.25) is 0 Å². The molecule has 0 unspecified atom stereocenters. The number of hydrogen-bond donors (Lipinski definition) is 0. The SMILES string of the molecule is C#Cc1cccc(N(C)Cc2csc(-c3ccoc3)n2)c1. The molecule has 0 aliphatic heterocycles. The van der Waals surface area contributed by atoms with E-state index in [1.165, 1.54) is 0 Å². The Morgan fingerprint density at radius 1 is 1.38 bits per heavy atom. The van der Waals surface area contributed by atoms with Gasteiger partial charge in [-0.05, 0) is 24.3 Å². The van der Waals surface area contributed by atoms with Crippen LogP contribution in [0.15, 0.2) is 52.7 Å². The standard InChI is InChI=1S/C17H14N2OS/c1-3-13-5-4-6-16(9-13)19(2)10-15-12-21-17(18-15)14-7-8-20-11-14/h1,4-9,11-12H,10H2,2H3. The largest absolute Gasteiger partial charge is 0.472 e. The third kappa shape index (κ3) is 2.99. The first-order valence-corrected chi connectivity index (χ1v) is 7.39. The van der Waals surface area contributed by atoms with E-state index in [1.54, 1.807) is 23.9 Å². The summed E-state index contributed by atoms with van der Waals surface area (Å²) in [5.74, 6) is 2.66. The highest BCUT2D eigenvalue weighted by Crippen LogP contribution is 2.25. The molecule has 4 heteroatoms. The third-order valence-corrected chi connectivity index (χ3v) is 4.11. The van der Waals surface area contributed by atoms with Gasteiger partial charge in [-0.15, -0.1) is 17.8 Å². The van der Waals surface area contributed by atoms with E-state index in [0.29, 0.717) is 0 Å². The summed E-state index contributed by atoms with van der Waals surface area (Å²) in [6, 6.07) is 9.87. The van der Waals surface area contributed by atoms with Crippen molar-refractivity contribution in [1.29, 1.82) is 0 Å². The smallest absolute Gasteiger partial charge is 0.126 e. The van der Waals surface area contributed by atoms with Crippen LogP contribution in [-0.2, 0) is 6.54 Å². The van der Waals surface area contributed by atoms with E-state index in [9.17, 15) is 0 Å². The summed E-state index contributed by atoms with van der Waals surface area (Å²) in [4.78, 5) is 6.77. The van der Waals surface area contributed by atoms with Crippen molar-refractivity contribution in [1.82, 2.24) is 4.98 Å². The average molecular weight is 294 g/mol. The van der Waals surface area contributed by atoms with Crippen molar-refractivity contribution in [3.05, 3.63) is 59.5 Å². The van der Waals surface area contributed by atoms with Gasteiger partial charge in [-0.2, -0.15) is 0 Å². The molecule has 0 saturated heterocycles. The minimum absolute atomic E-state index is 0.738. The van der Waals surface area contributed by atoms with Crippen molar-refractivity contribution >= 4 is 17.0 Å². The predicted molar refractivity (Wildman–Crippen MR) is 86.3 cm³/mol. The van der Waals surface area contributed by atoms with Crippen molar-refractivity contribution in [2.45, 2.75) is 6.54 Å². The third-order valence-electron chi connectivity index (χ3n) is 3.17. The highest BCUT2D eigenvalue weighted by Gasteiger charge is 2.08. The Kier molecular flexibility index (Phi) is 3.76. The zero-order valence-electron chi connectivity index (χ0n) is 11.6. The molecule has 0 aliphatic rings. The van der Waals surface area contributed by atoms with Crippen LogP contribution in [0.25, 0.3) is 10.6 Å². The summed E-state index contributed by atoms with van der Waals surface area (Å²) < 4.78 is 5.09. The molecular formula is C17H14N2OS. The first-order chi connectivity index (χ1) is 10.3. The average Bonchev–Trinajstić information content (AvgIpc) is 3.18. The van der Waals surface area contributed by atoms with Crippen LogP contribution >= 0.6 is 11.3 Å². The van der Waals surface area contributed by atoms with Gasteiger partial charge in [0.15, 0.2) is 0 Å². The fraction of sp³-hybridized carbons (Fsp3) is 0.118. The molecule has 0 saturated carbocycles. The van der Waals surface area contributed by atoms with Crippen LogP contribution in [0.1, 0.15) is 11.3 Å². The van der Waals surface area contributed by atoms with E-state index >= 15 is 0 Å². The van der Waals surface area contributed by atoms with Gasteiger partial charge in [-0.1, -0.05) is 12.0 Å². The first kappa shape index (κ1) is 13.5. The lowest BCUT2D eigenvalue weighted by Gasteiger charge is -2.18. The second-order valence-corrected chi connectivity index (χ2v) is 5.56. The molecule has 0 N–H and O–H groups in total. The number of nitrogens with zero attached hydrogens (tertiary/aromatic N) is 2. The molecule has 3 rings (SSSR count). The van der Waals surface area contributed by atoms with Crippen LogP contribution in [0.3, 0.4) is 0 Å².